The van der Waals surface area contributed by atoms with E-state index >= 15 is 0 Å². The van der Waals surface area contributed by atoms with Crippen molar-refractivity contribution in [3.8, 4) is 0 Å². The molecule has 0 amide bonds. The van der Waals surface area contributed by atoms with E-state index < -0.39 is 0 Å². The first-order chi connectivity index (χ1) is 13.4. The van der Waals surface area contributed by atoms with E-state index in [-0.39, 0.29) is 0 Å². The molecule has 10 atom stereocenters. The van der Waals surface area contributed by atoms with Crippen LogP contribution in [0.5, 0.6) is 0 Å². The van der Waals surface area contributed by atoms with Gasteiger partial charge in [0.1, 0.15) is 0 Å². The largest absolute Gasteiger partial charge is 0.297 e. The minimum Gasteiger partial charge on any atom is -0.297 e. The lowest BCUT2D eigenvalue weighted by molar-refractivity contribution is -0.0452. The molecule has 2 saturated carbocycles. The summed E-state index contributed by atoms with van der Waals surface area (Å²) in [7, 11) is 0. The molecule has 0 aromatic rings. The van der Waals surface area contributed by atoms with Crippen LogP contribution in [0.4, 0.5) is 0 Å². The smallest absolute Gasteiger partial charge is 0.0138 e. The maximum Gasteiger partial charge on any atom is 0.0138 e. The minimum absolute atomic E-state index is 0.477. The number of rotatable bonds is 0. The van der Waals surface area contributed by atoms with Crippen molar-refractivity contribution < 1.29 is 0 Å². The Morgan fingerprint density at radius 3 is 2.71 bits per heavy atom. The van der Waals surface area contributed by atoms with E-state index in [1.54, 1.807) is 5.57 Å². The second-order valence-corrected chi connectivity index (χ2v) is 12.3. The Kier molecular flexibility index (Phi) is 3.90. The van der Waals surface area contributed by atoms with Crippen LogP contribution >= 0.6 is 0 Å². The fraction of sp³-hybridized carbons (Fsp3) is 0.852. The zero-order valence-corrected chi connectivity index (χ0v) is 18.7. The Morgan fingerprint density at radius 1 is 1.00 bits per heavy atom. The summed E-state index contributed by atoms with van der Waals surface area (Å²) in [6.07, 6.45) is 19.1. The van der Waals surface area contributed by atoms with Crippen molar-refractivity contribution in [1.29, 1.82) is 0 Å². The van der Waals surface area contributed by atoms with Gasteiger partial charge in [0, 0.05) is 18.6 Å². The number of nitrogens with zero attached hydrogens (tertiary/aromatic N) is 1. The molecule has 0 spiro atoms. The summed E-state index contributed by atoms with van der Waals surface area (Å²) in [5.41, 5.74) is 2.78. The van der Waals surface area contributed by atoms with Gasteiger partial charge in [0.2, 0.25) is 0 Å². The highest BCUT2D eigenvalue weighted by molar-refractivity contribution is 5.34. The molecule has 6 rings (SSSR count). The lowest BCUT2D eigenvalue weighted by atomic mass is 9.47. The van der Waals surface area contributed by atoms with Gasteiger partial charge >= 0.3 is 0 Å². The topological polar surface area (TPSA) is 3.24 Å². The summed E-state index contributed by atoms with van der Waals surface area (Å²) in [5.74, 6) is 5.68. The molecule has 0 bridgehead atoms. The van der Waals surface area contributed by atoms with Crippen LogP contribution in [0.2, 0.25) is 0 Å². The van der Waals surface area contributed by atoms with Gasteiger partial charge in [-0.25, -0.2) is 0 Å². The van der Waals surface area contributed by atoms with Gasteiger partial charge in [-0.2, -0.15) is 0 Å². The maximum absolute atomic E-state index is 3.04. The molecule has 1 heteroatoms. The molecule has 2 saturated heterocycles. The zero-order chi connectivity index (χ0) is 19.3. The molecule has 0 aromatic heterocycles. The molecule has 0 radical (unpaired) electrons. The molecule has 28 heavy (non-hydrogen) atoms. The number of hydrogen-bond acceptors (Lipinski definition) is 1. The van der Waals surface area contributed by atoms with Gasteiger partial charge in [-0.05, 0) is 103 Å². The third kappa shape index (κ3) is 2.18. The van der Waals surface area contributed by atoms with Gasteiger partial charge in [-0.15, -0.1) is 0 Å². The van der Waals surface area contributed by atoms with Crippen LogP contribution in [0.1, 0.15) is 79.1 Å². The molecule has 2 aliphatic heterocycles. The third-order valence-corrected chi connectivity index (χ3v) is 11.3. The lowest BCUT2D eigenvalue weighted by Gasteiger charge is -2.57. The van der Waals surface area contributed by atoms with E-state index in [9.17, 15) is 0 Å². The molecule has 4 fully saturated rings. The Labute approximate surface area is 173 Å². The van der Waals surface area contributed by atoms with Crippen LogP contribution < -0.4 is 0 Å². The molecular weight excluding hydrogens is 338 g/mol. The number of piperidine rings is 1. The summed E-state index contributed by atoms with van der Waals surface area (Å²) in [5, 5.41) is 0. The van der Waals surface area contributed by atoms with Crippen LogP contribution in [0.25, 0.3) is 0 Å². The van der Waals surface area contributed by atoms with E-state index in [4.69, 9.17) is 0 Å². The molecule has 1 nitrogen and oxygen atoms in total. The molecule has 2 heterocycles. The third-order valence-electron chi connectivity index (χ3n) is 11.3. The number of allylic oxidation sites excluding steroid dienone is 4. The van der Waals surface area contributed by atoms with Gasteiger partial charge in [0.05, 0.1) is 0 Å². The van der Waals surface area contributed by atoms with Crippen LogP contribution in [0.3, 0.4) is 0 Å². The fourth-order valence-electron chi connectivity index (χ4n) is 10.0. The van der Waals surface area contributed by atoms with Gasteiger partial charge < -0.3 is 0 Å². The molecular formula is C27H41N. The second-order valence-electron chi connectivity index (χ2n) is 12.3. The van der Waals surface area contributed by atoms with E-state index in [1.807, 2.05) is 0 Å². The Hall–Kier alpha value is -0.560. The van der Waals surface area contributed by atoms with Crippen LogP contribution in [0.15, 0.2) is 23.8 Å². The molecule has 0 unspecified atom stereocenters. The summed E-state index contributed by atoms with van der Waals surface area (Å²) in [6.45, 7) is 11.9. The first-order valence-corrected chi connectivity index (χ1v) is 12.6. The van der Waals surface area contributed by atoms with Gasteiger partial charge in [-0.3, -0.25) is 4.90 Å². The summed E-state index contributed by atoms with van der Waals surface area (Å²) in [4.78, 5) is 3.04. The van der Waals surface area contributed by atoms with Crippen molar-refractivity contribution in [1.82, 2.24) is 4.90 Å². The van der Waals surface area contributed by atoms with Crippen molar-refractivity contribution in [2.45, 2.75) is 91.1 Å². The Balaban J connectivity index is 1.35. The minimum atomic E-state index is 0.477. The molecule has 4 aliphatic carbocycles. The van der Waals surface area contributed by atoms with E-state index in [0.717, 1.165) is 47.6 Å². The monoisotopic (exact) mass is 379 g/mol. The highest BCUT2D eigenvalue weighted by Crippen LogP contribution is 2.69. The van der Waals surface area contributed by atoms with Crippen molar-refractivity contribution in [2.24, 2.45) is 46.3 Å². The Bertz CT molecular complexity index is 720. The predicted octanol–water partition coefficient (Wildman–Crippen LogP) is 6.46. The van der Waals surface area contributed by atoms with Gasteiger partial charge in [0.15, 0.2) is 0 Å². The normalized spacial score (nSPS) is 57.6. The molecule has 6 aliphatic rings. The molecule has 0 aromatic carbocycles. The number of hydrogen-bond donors (Lipinski definition) is 0. The van der Waals surface area contributed by atoms with E-state index in [1.165, 1.54) is 57.9 Å². The predicted molar refractivity (Wildman–Crippen MR) is 117 cm³/mol. The van der Waals surface area contributed by atoms with Crippen molar-refractivity contribution in [3.05, 3.63) is 23.8 Å². The van der Waals surface area contributed by atoms with Gasteiger partial charge in [-0.1, -0.05) is 45.9 Å². The first kappa shape index (κ1) is 18.2. The molecule has 154 valence electrons. The van der Waals surface area contributed by atoms with Crippen LogP contribution in [-0.4, -0.2) is 23.5 Å². The van der Waals surface area contributed by atoms with Crippen LogP contribution in [0, 0.1) is 46.3 Å². The summed E-state index contributed by atoms with van der Waals surface area (Å²) in [6, 6.07) is 1.81. The Morgan fingerprint density at radius 2 is 1.86 bits per heavy atom. The highest BCUT2D eigenvalue weighted by atomic mass is 15.2. The van der Waals surface area contributed by atoms with E-state index in [0.29, 0.717) is 10.8 Å². The van der Waals surface area contributed by atoms with Crippen molar-refractivity contribution >= 4 is 0 Å². The van der Waals surface area contributed by atoms with Crippen molar-refractivity contribution in [3.63, 3.8) is 0 Å². The SMILES string of the molecule is C[C@@H]1CC[C@@H]2[C@H](C)[C@@H]3[C@H](C[C@@H]4[C@H]5CC=C6C=CCC[C@]6(C)[C@H]5CC[C@]34C)N2C1. The van der Waals surface area contributed by atoms with Crippen molar-refractivity contribution in [2.75, 3.05) is 6.54 Å². The second kappa shape index (κ2) is 5.99. The average molecular weight is 380 g/mol. The fourth-order valence-corrected chi connectivity index (χ4v) is 10.0. The van der Waals surface area contributed by atoms with Gasteiger partial charge in [0.25, 0.3) is 0 Å². The number of fused-ring (bicyclic) bond motifs is 9. The first-order valence-electron chi connectivity index (χ1n) is 12.6. The maximum atomic E-state index is 3.04. The summed E-state index contributed by atoms with van der Waals surface area (Å²) >= 11 is 0. The average Bonchev–Trinajstić information content (AvgIpc) is 3.14. The highest BCUT2D eigenvalue weighted by Gasteiger charge is 2.66. The quantitative estimate of drug-likeness (QED) is 0.467. The molecule has 0 N–H and O–H groups in total. The summed E-state index contributed by atoms with van der Waals surface area (Å²) < 4.78 is 0. The standard InChI is InChI=1S/C27H41N/c1-17-8-11-23-18(2)25-24(28(23)16-17)15-22-20-10-9-19-7-5-6-13-26(19,3)21(20)12-14-27(22,25)4/h5,7,9,17-18,20-25H,6,8,10-16H2,1-4H3/t17-,18+,20+,21+,22-,23-,24+,25-,26+,27+/m1/s1. The zero-order valence-electron chi connectivity index (χ0n) is 18.7. The lowest BCUT2D eigenvalue weighted by Crippen LogP contribution is -2.50. The van der Waals surface area contributed by atoms with Crippen LogP contribution in [-0.2, 0) is 0 Å². The van der Waals surface area contributed by atoms with E-state index in [2.05, 4.69) is 50.8 Å².